The lowest BCUT2D eigenvalue weighted by Crippen LogP contribution is -2.43. The molecular weight excluding hydrogens is 255 g/mol. The first kappa shape index (κ1) is 13.3. The third kappa shape index (κ3) is 3.21. The topological polar surface area (TPSA) is 46.3 Å². The van der Waals surface area contributed by atoms with E-state index in [0.717, 1.165) is 12.8 Å². The average molecular weight is 271 g/mol. The molecule has 0 atom stereocenters. The molecule has 3 nitrogen and oxygen atoms in total. The van der Waals surface area contributed by atoms with Crippen LogP contribution in [0.4, 0.5) is 4.39 Å². The molecule has 1 aromatic carbocycles. The number of rotatable bonds is 2. The Labute approximate surface area is 111 Å². The summed E-state index contributed by atoms with van der Waals surface area (Å²) in [5, 5.41) is 0.340. The maximum Gasteiger partial charge on any atom is 0.227 e. The minimum Gasteiger partial charge on any atom is -0.342 e. The summed E-state index contributed by atoms with van der Waals surface area (Å²) in [4.78, 5) is 13.7. The molecule has 98 valence electrons. The fraction of sp³-hybridized carbons (Fsp3) is 0.462. The highest BCUT2D eigenvalue weighted by atomic mass is 35.5. The zero-order chi connectivity index (χ0) is 13.1. The van der Waals surface area contributed by atoms with E-state index in [1.54, 1.807) is 17.0 Å². The minimum atomic E-state index is -0.426. The zero-order valence-electron chi connectivity index (χ0n) is 10.0. The van der Waals surface area contributed by atoms with Gasteiger partial charge in [-0.05, 0) is 30.5 Å². The number of hydrogen-bond acceptors (Lipinski definition) is 2. The molecule has 5 heteroatoms. The Hall–Kier alpha value is -1.13. The molecule has 1 saturated heterocycles. The molecule has 18 heavy (non-hydrogen) atoms. The lowest BCUT2D eigenvalue weighted by Gasteiger charge is -2.30. The first-order chi connectivity index (χ1) is 8.56. The third-order valence-corrected chi connectivity index (χ3v) is 3.48. The van der Waals surface area contributed by atoms with E-state index < -0.39 is 5.82 Å². The van der Waals surface area contributed by atoms with Crippen LogP contribution in [-0.4, -0.2) is 29.9 Å². The Morgan fingerprint density at radius 3 is 2.72 bits per heavy atom. The van der Waals surface area contributed by atoms with Crippen molar-refractivity contribution in [3.05, 3.63) is 34.6 Å². The van der Waals surface area contributed by atoms with E-state index in [1.807, 2.05) is 0 Å². The summed E-state index contributed by atoms with van der Waals surface area (Å²) < 4.78 is 13.6. The van der Waals surface area contributed by atoms with Crippen LogP contribution >= 0.6 is 11.6 Å². The summed E-state index contributed by atoms with van der Waals surface area (Å²) >= 11 is 5.67. The smallest absolute Gasteiger partial charge is 0.227 e. The molecule has 2 N–H and O–H groups in total. The first-order valence-corrected chi connectivity index (χ1v) is 6.41. The highest BCUT2D eigenvalue weighted by Gasteiger charge is 2.21. The van der Waals surface area contributed by atoms with Gasteiger partial charge in [-0.1, -0.05) is 17.7 Å². The molecule has 1 aromatic rings. The summed E-state index contributed by atoms with van der Waals surface area (Å²) in [6.45, 7) is 1.32. The highest BCUT2D eigenvalue weighted by molar-refractivity contribution is 6.30. The van der Waals surface area contributed by atoms with Crippen molar-refractivity contribution in [1.29, 1.82) is 0 Å². The SMILES string of the molecule is NC1CCN(C(=O)Cc2ccc(Cl)cc2F)CC1. The fourth-order valence-electron chi connectivity index (χ4n) is 2.09. The lowest BCUT2D eigenvalue weighted by atomic mass is 10.0. The molecule has 1 aliphatic rings. The van der Waals surface area contributed by atoms with Crippen molar-refractivity contribution in [3.8, 4) is 0 Å². The molecule has 1 heterocycles. The van der Waals surface area contributed by atoms with Gasteiger partial charge in [-0.2, -0.15) is 0 Å². The van der Waals surface area contributed by atoms with Gasteiger partial charge < -0.3 is 10.6 Å². The van der Waals surface area contributed by atoms with Crippen molar-refractivity contribution >= 4 is 17.5 Å². The Bertz CT molecular complexity index is 445. The summed E-state index contributed by atoms with van der Waals surface area (Å²) in [7, 11) is 0. The molecule has 0 bridgehead atoms. The number of hydrogen-bond donors (Lipinski definition) is 1. The summed E-state index contributed by atoms with van der Waals surface area (Å²) in [6.07, 6.45) is 1.71. The van der Waals surface area contributed by atoms with Crippen molar-refractivity contribution < 1.29 is 9.18 Å². The zero-order valence-corrected chi connectivity index (χ0v) is 10.8. The van der Waals surface area contributed by atoms with Crippen molar-refractivity contribution in [2.45, 2.75) is 25.3 Å². The lowest BCUT2D eigenvalue weighted by molar-refractivity contribution is -0.131. The van der Waals surface area contributed by atoms with Gasteiger partial charge >= 0.3 is 0 Å². The minimum absolute atomic E-state index is 0.0527. The quantitative estimate of drug-likeness (QED) is 0.893. The van der Waals surface area contributed by atoms with Gasteiger partial charge in [0.25, 0.3) is 0 Å². The Morgan fingerprint density at radius 2 is 2.11 bits per heavy atom. The van der Waals surface area contributed by atoms with Gasteiger partial charge in [0.2, 0.25) is 5.91 Å². The van der Waals surface area contributed by atoms with E-state index in [1.165, 1.54) is 6.07 Å². The van der Waals surface area contributed by atoms with E-state index in [-0.39, 0.29) is 18.4 Å². The van der Waals surface area contributed by atoms with Gasteiger partial charge in [-0.25, -0.2) is 4.39 Å². The number of nitrogens with two attached hydrogens (primary N) is 1. The van der Waals surface area contributed by atoms with E-state index in [0.29, 0.717) is 23.7 Å². The monoisotopic (exact) mass is 270 g/mol. The van der Waals surface area contributed by atoms with Crippen LogP contribution in [0.5, 0.6) is 0 Å². The van der Waals surface area contributed by atoms with Crippen LogP contribution in [0.1, 0.15) is 18.4 Å². The molecule has 0 aliphatic carbocycles. The van der Waals surface area contributed by atoms with Crippen LogP contribution in [0, 0.1) is 5.82 Å². The molecular formula is C13H16ClFN2O. The molecule has 0 radical (unpaired) electrons. The Morgan fingerprint density at radius 1 is 1.44 bits per heavy atom. The van der Waals surface area contributed by atoms with Crippen molar-refractivity contribution in [3.63, 3.8) is 0 Å². The molecule has 1 aliphatic heterocycles. The molecule has 0 saturated carbocycles. The van der Waals surface area contributed by atoms with Crippen LogP contribution in [0.2, 0.25) is 5.02 Å². The van der Waals surface area contributed by atoms with E-state index in [9.17, 15) is 9.18 Å². The second-order valence-electron chi connectivity index (χ2n) is 4.63. The maximum atomic E-state index is 13.6. The standard InChI is InChI=1S/C13H16ClFN2O/c14-10-2-1-9(12(15)8-10)7-13(18)17-5-3-11(16)4-6-17/h1-2,8,11H,3-7,16H2. The first-order valence-electron chi connectivity index (χ1n) is 6.03. The molecule has 0 aromatic heterocycles. The van der Waals surface area contributed by atoms with Crippen LogP contribution in [0.3, 0.4) is 0 Å². The second-order valence-corrected chi connectivity index (χ2v) is 5.07. The normalized spacial score (nSPS) is 16.9. The Kier molecular flexibility index (Phi) is 4.19. The fourth-order valence-corrected chi connectivity index (χ4v) is 2.25. The number of amides is 1. The van der Waals surface area contributed by atoms with Gasteiger partial charge in [-0.3, -0.25) is 4.79 Å². The number of benzene rings is 1. The van der Waals surface area contributed by atoms with Crippen LogP contribution in [0.25, 0.3) is 0 Å². The van der Waals surface area contributed by atoms with Gasteiger partial charge in [-0.15, -0.1) is 0 Å². The largest absolute Gasteiger partial charge is 0.342 e. The molecule has 0 unspecified atom stereocenters. The van der Waals surface area contributed by atoms with Crippen LogP contribution in [-0.2, 0) is 11.2 Å². The van der Waals surface area contributed by atoms with Crippen molar-refractivity contribution in [2.24, 2.45) is 5.73 Å². The van der Waals surface area contributed by atoms with Crippen LogP contribution in [0.15, 0.2) is 18.2 Å². The van der Waals surface area contributed by atoms with E-state index in [4.69, 9.17) is 17.3 Å². The number of carbonyl (C=O) groups excluding carboxylic acids is 1. The van der Waals surface area contributed by atoms with Gasteiger partial charge in [0.1, 0.15) is 5.82 Å². The van der Waals surface area contributed by atoms with Crippen LogP contribution < -0.4 is 5.73 Å². The van der Waals surface area contributed by atoms with Crippen molar-refractivity contribution in [1.82, 2.24) is 4.90 Å². The van der Waals surface area contributed by atoms with Gasteiger partial charge in [0.15, 0.2) is 0 Å². The average Bonchev–Trinajstić information content (AvgIpc) is 2.33. The highest BCUT2D eigenvalue weighted by Crippen LogP contribution is 2.17. The van der Waals surface area contributed by atoms with E-state index in [2.05, 4.69) is 0 Å². The van der Waals surface area contributed by atoms with Gasteiger partial charge in [0, 0.05) is 24.2 Å². The van der Waals surface area contributed by atoms with Crippen molar-refractivity contribution in [2.75, 3.05) is 13.1 Å². The van der Waals surface area contributed by atoms with Gasteiger partial charge in [0.05, 0.1) is 6.42 Å². The molecule has 0 spiro atoms. The molecule has 2 rings (SSSR count). The van der Waals surface area contributed by atoms with E-state index >= 15 is 0 Å². The molecule has 1 fully saturated rings. The summed E-state index contributed by atoms with van der Waals surface area (Å²) in [5.74, 6) is -0.479. The summed E-state index contributed by atoms with van der Waals surface area (Å²) in [6, 6.07) is 4.57. The number of halogens is 2. The summed E-state index contributed by atoms with van der Waals surface area (Å²) in [5.41, 5.74) is 6.17. The predicted octanol–water partition coefficient (Wildman–Crippen LogP) is 1.97. The maximum absolute atomic E-state index is 13.6. The number of piperidine rings is 1. The third-order valence-electron chi connectivity index (χ3n) is 3.25. The second kappa shape index (κ2) is 5.67. The number of nitrogens with zero attached hydrogens (tertiary/aromatic N) is 1. The molecule has 1 amide bonds. The number of carbonyl (C=O) groups is 1. The number of likely N-dealkylation sites (tertiary alicyclic amines) is 1. The predicted molar refractivity (Wildman–Crippen MR) is 68.9 cm³/mol. The Balaban J connectivity index is 1.98.